The van der Waals surface area contributed by atoms with E-state index in [0.29, 0.717) is 18.7 Å². The van der Waals surface area contributed by atoms with Crippen molar-refractivity contribution in [2.24, 2.45) is 5.73 Å². The summed E-state index contributed by atoms with van der Waals surface area (Å²) in [6.45, 7) is 6.43. The van der Waals surface area contributed by atoms with Gasteiger partial charge in [0.15, 0.2) is 0 Å². The quantitative estimate of drug-likeness (QED) is 0.563. The number of nitriles is 1. The van der Waals surface area contributed by atoms with Gasteiger partial charge < -0.3 is 25.9 Å². The minimum Gasteiger partial charge on any atom is -0.497 e. The molecule has 2 aromatic rings. The molecule has 0 radical (unpaired) electrons. The molecule has 0 fully saturated rings. The van der Waals surface area contributed by atoms with Crippen LogP contribution in [0.15, 0.2) is 36.4 Å². The summed E-state index contributed by atoms with van der Waals surface area (Å²) in [6, 6.07) is 12.1. The molecule has 33 heavy (non-hydrogen) atoms. The third kappa shape index (κ3) is 11.0. The number of hydrogen-bond acceptors (Lipinski definition) is 6. The van der Waals surface area contributed by atoms with Gasteiger partial charge in [-0.15, -0.1) is 0 Å². The van der Waals surface area contributed by atoms with E-state index in [1.807, 2.05) is 6.79 Å². The Balaban J connectivity index is 0.00000132. The van der Waals surface area contributed by atoms with E-state index >= 15 is 0 Å². The van der Waals surface area contributed by atoms with E-state index in [1.165, 1.54) is 43.8 Å². The Kier molecular flexibility index (Phi) is 15.2. The molecule has 0 saturated carbocycles. The highest BCUT2D eigenvalue weighted by molar-refractivity contribution is 5.36. The van der Waals surface area contributed by atoms with Crippen molar-refractivity contribution in [2.75, 3.05) is 27.2 Å². The maximum absolute atomic E-state index is 13.0. The zero-order chi connectivity index (χ0) is 25.3. The van der Waals surface area contributed by atoms with Crippen molar-refractivity contribution in [3.8, 4) is 11.8 Å². The Bertz CT molecular complexity index is 868. The van der Waals surface area contributed by atoms with E-state index < -0.39 is 11.7 Å². The summed E-state index contributed by atoms with van der Waals surface area (Å²) in [4.78, 5) is 8.00. The number of nitrogens with zero attached hydrogens (tertiary/aromatic N) is 1. The predicted molar refractivity (Wildman–Crippen MR) is 124 cm³/mol. The smallest absolute Gasteiger partial charge is 0.416 e. The average Bonchev–Trinajstić information content (AvgIpc) is 2.84. The van der Waals surface area contributed by atoms with Crippen molar-refractivity contribution in [3.63, 3.8) is 0 Å². The van der Waals surface area contributed by atoms with Gasteiger partial charge in [-0.2, -0.15) is 18.4 Å². The molecule has 0 unspecified atom stereocenters. The molecular weight excluding hydrogens is 433 g/mol. The molecular formula is C24H33F3N4O2. The van der Waals surface area contributed by atoms with Crippen molar-refractivity contribution in [1.82, 2.24) is 10.6 Å². The largest absolute Gasteiger partial charge is 0.497 e. The summed E-state index contributed by atoms with van der Waals surface area (Å²) >= 11 is 0. The van der Waals surface area contributed by atoms with Crippen LogP contribution in [-0.4, -0.2) is 34.0 Å². The summed E-state index contributed by atoms with van der Waals surface area (Å²) in [6.07, 6.45) is -2.49. The molecule has 3 rings (SSSR count). The van der Waals surface area contributed by atoms with Gasteiger partial charge in [-0.1, -0.05) is 18.2 Å². The second-order valence-corrected chi connectivity index (χ2v) is 6.75. The first-order chi connectivity index (χ1) is 15.9. The third-order valence-corrected chi connectivity index (χ3v) is 4.61. The summed E-state index contributed by atoms with van der Waals surface area (Å²) in [5.74, 6) is 0.222. The molecule has 0 saturated heterocycles. The van der Waals surface area contributed by atoms with E-state index in [0.717, 1.165) is 32.0 Å². The maximum Gasteiger partial charge on any atom is 0.416 e. The summed E-state index contributed by atoms with van der Waals surface area (Å²) in [7, 11) is 2.87. The van der Waals surface area contributed by atoms with Crippen LogP contribution in [0.1, 0.15) is 34.7 Å². The monoisotopic (exact) mass is 466 g/mol. The Morgan fingerprint density at radius 2 is 1.82 bits per heavy atom. The van der Waals surface area contributed by atoms with Gasteiger partial charge in [-0.3, -0.25) is 0 Å². The maximum atomic E-state index is 13.0. The first kappa shape index (κ1) is 30.1. The summed E-state index contributed by atoms with van der Waals surface area (Å²) < 4.78 is 43.8. The second-order valence-electron chi connectivity index (χ2n) is 6.75. The van der Waals surface area contributed by atoms with E-state index in [4.69, 9.17) is 14.8 Å². The van der Waals surface area contributed by atoms with Crippen LogP contribution in [0.3, 0.4) is 0 Å². The molecule has 0 amide bonds. The Hall–Kier alpha value is -2.93. The van der Waals surface area contributed by atoms with Crippen molar-refractivity contribution in [3.05, 3.63) is 64.2 Å². The van der Waals surface area contributed by atoms with E-state index in [-0.39, 0.29) is 5.75 Å². The van der Waals surface area contributed by atoms with Gasteiger partial charge in [-0.05, 0) is 73.4 Å². The van der Waals surface area contributed by atoms with E-state index in [2.05, 4.69) is 34.6 Å². The van der Waals surface area contributed by atoms with Crippen molar-refractivity contribution >= 4 is 6.79 Å². The number of rotatable bonds is 6. The molecule has 182 valence electrons. The van der Waals surface area contributed by atoms with Gasteiger partial charge in [0.1, 0.15) is 12.5 Å². The lowest BCUT2D eigenvalue weighted by molar-refractivity contribution is -0.137. The van der Waals surface area contributed by atoms with Crippen LogP contribution in [0.25, 0.3) is 0 Å². The van der Waals surface area contributed by atoms with Gasteiger partial charge in [-0.25, -0.2) is 0 Å². The Morgan fingerprint density at radius 3 is 2.42 bits per heavy atom. The van der Waals surface area contributed by atoms with Crippen molar-refractivity contribution in [1.29, 1.82) is 5.26 Å². The minimum atomic E-state index is -4.37. The molecule has 0 atom stereocenters. The number of carbonyl (C=O) groups is 1. The topological polar surface area (TPSA) is 100 Å². The molecule has 1 aliphatic heterocycles. The number of halogens is 3. The van der Waals surface area contributed by atoms with Crippen LogP contribution in [0.2, 0.25) is 0 Å². The van der Waals surface area contributed by atoms with Crippen LogP contribution < -0.4 is 21.1 Å². The molecule has 0 spiro atoms. The average molecular weight is 467 g/mol. The van der Waals surface area contributed by atoms with Gasteiger partial charge in [0.2, 0.25) is 0 Å². The highest BCUT2D eigenvalue weighted by Gasteiger charge is 2.31. The summed E-state index contributed by atoms with van der Waals surface area (Å²) in [5, 5.41) is 13.9. The van der Waals surface area contributed by atoms with Crippen LogP contribution in [0.5, 0.6) is 5.75 Å². The lowest BCUT2D eigenvalue weighted by atomic mass is 9.97. The summed E-state index contributed by atoms with van der Waals surface area (Å²) in [5.41, 5.74) is 8.37. The molecule has 4 N–H and O–H groups in total. The van der Waals surface area contributed by atoms with Gasteiger partial charge in [0.05, 0.1) is 18.7 Å². The lowest BCUT2D eigenvalue weighted by Crippen LogP contribution is -2.23. The molecule has 0 aromatic heterocycles. The fraction of sp³-hybridized carbons (Fsp3) is 0.417. The highest BCUT2D eigenvalue weighted by atomic mass is 19.4. The molecule has 1 heterocycles. The number of alkyl halides is 3. The molecule has 9 heteroatoms. The third-order valence-electron chi connectivity index (χ3n) is 4.61. The van der Waals surface area contributed by atoms with Crippen molar-refractivity contribution in [2.45, 2.75) is 39.0 Å². The lowest BCUT2D eigenvalue weighted by Gasteiger charge is -2.18. The SMILES string of the molecule is C=O.CC#N.CN.COc1cc(CNCCc2ccc3c(c2)CCNC3)cc(C(F)(F)F)c1. The minimum absolute atomic E-state index is 0.222. The van der Waals surface area contributed by atoms with Crippen molar-refractivity contribution < 1.29 is 22.7 Å². The molecule has 6 nitrogen and oxygen atoms in total. The highest BCUT2D eigenvalue weighted by Crippen LogP contribution is 2.32. The predicted octanol–water partition coefficient (Wildman–Crippen LogP) is 3.61. The Morgan fingerprint density at radius 1 is 1.15 bits per heavy atom. The number of hydrogen-bond donors (Lipinski definition) is 3. The second kappa shape index (κ2) is 16.7. The first-order valence-electron chi connectivity index (χ1n) is 10.3. The van der Waals surface area contributed by atoms with Crippen LogP contribution >= 0.6 is 0 Å². The zero-order valence-electron chi connectivity index (χ0n) is 19.4. The van der Waals surface area contributed by atoms with E-state index in [1.54, 1.807) is 12.1 Å². The molecule has 0 aliphatic carbocycles. The number of methoxy groups -OCH3 is 1. The fourth-order valence-corrected chi connectivity index (χ4v) is 3.20. The number of ether oxygens (including phenoxy) is 1. The van der Waals surface area contributed by atoms with Crippen LogP contribution in [-0.2, 0) is 36.9 Å². The molecule has 0 bridgehead atoms. The van der Waals surface area contributed by atoms with E-state index in [9.17, 15) is 13.2 Å². The zero-order valence-corrected chi connectivity index (χ0v) is 19.4. The number of nitrogens with two attached hydrogens (primary N) is 1. The normalized spacial score (nSPS) is 11.7. The fourth-order valence-electron chi connectivity index (χ4n) is 3.20. The molecule has 2 aromatic carbocycles. The number of benzene rings is 2. The van der Waals surface area contributed by atoms with Crippen LogP contribution in [0.4, 0.5) is 13.2 Å². The van der Waals surface area contributed by atoms with Gasteiger partial charge >= 0.3 is 6.18 Å². The standard InChI is InChI=1S/C20H23F3N2O.C2H3N.CH5N.CH2O/c1-26-19-10-15(9-18(11-19)20(21,22)23)12-24-6-4-14-2-3-17-13-25-7-5-16(17)8-14;1-2-3;2*1-2/h2-3,8-11,24-25H,4-7,12-13H2,1H3;1H3;2H2,1H3;1H2. The van der Waals surface area contributed by atoms with Gasteiger partial charge in [0, 0.05) is 20.0 Å². The number of nitrogens with one attached hydrogen (secondary N) is 2. The Labute approximate surface area is 193 Å². The number of carbonyl (C=O) groups excluding carboxylic acids is 1. The molecule has 1 aliphatic rings. The number of fused-ring (bicyclic) bond motifs is 1. The van der Waals surface area contributed by atoms with Gasteiger partial charge in [0.25, 0.3) is 0 Å². The first-order valence-corrected chi connectivity index (χ1v) is 10.3. The van der Waals surface area contributed by atoms with Crippen LogP contribution in [0, 0.1) is 11.3 Å².